The summed E-state index contributed by atoms with van der Waals surface area (Å²) in [5.74, 6) is 0.966. The van der Waals surface area contributed by atoms with Crippen LogP contribution in [0.2, 0.25) is 25.7 Å². The lowest BCUT2D eigenvalue weighted by Gasteiger charge is -2.22. The Morgan fingerprint density at radius 1 is 1.09 bits per heavy atom. The number of benzene rings is 1. The van der Waals surface area contributed by atoms with Crippen molar-refractivity contribution >= 4 is 14.2 Å². The van der Waals surface area contributed by atoms with Crippen LogP contribution in [0.25, 0.3) is 22.5 Å². The zero-order valence-electron chi connectivity index (χ0n) is 20.7. The van der Waals surface area contributed by atoms with Gasteiger partial charge in [-0.3, -0.25) is 4.98 Å². The van der Waals surface area contributed by atoms with Crippen LogP contribution in [0.5, 0.6) is 5.75 Å². The number of carbonyl (C=O) groups is 1. The van der Waals surface area contributed by atoms with Gasteiger partial charge in [-0.05, 0) is 47.9 Å². The van der Waals surface area contributed by atoms with Crippen LogP contribution in [0, 0.1) is 0 Å². The van der Waals surface area contributed by atoms with Crippen LogP contribution >= 0.6 is 0 Å². The number of ether oxygens (including phenoxy) is 2. The van der Waals surface area contributed by atoms with E-state index >= 15 is 0 Å². The van der Waals surface area contributed by atoms with Gasteiger partial charge in [0.15, 0.2) is 6.73 Å². The summed E-state index contributed by atoms with van der Waals surface area (Å²) in [6.45, 7) is 7.91. The fourth-order valence-electron chi connectivity index (χ4n) is 3.95. The highest BCUT2D eigenvalue weighted by molar-refractivity contribution is 6.76. The van der Waals surface area contributed by atoms with Gasteiger partial charge in [0, 0.05) is 44.2 Å². The van der Waals surface area contributed by atoms with E-state index in [1.54, 1.807) is 18.5 Å². The number of hydrogen-bond acceptors (Lipinski definition) is 7. The topological polar surface area (TPSA) is 104 Å². The van der Waals surface area contributed by atoms with E-state index in [9.17, 15) is 4.79 Å². The maximum atomic E-state index is 12.3. The third-order valence-corrected chi connectivity index (χ3v) is 7.66. The monoisotopic (exact) mass is 494 g/mol. The van der Waals surface area contributed by atoms with E-state index in [1.807, 2.05) is 24.3 Å². The summed E-state index contributed by atoms with van der Waals surface area (Å²) in [5, 5.41) is 15.6. The predicted molar refractivity (Wildman–Crippen MR) is 137 cm³/mol. The molecule has 1 amide bonds. The number of nitrogens with zero attached hydrogens (tertiary/aromatic N) is 5. The van der Waals surface area contributed by atoms with Gasteiger partial charge in [0.05, 0.1) is 0 Å². The number of tetrazole rings is 1. The molecule has 2 heterocycles. The molecule has 1 fully saturated rings. The summed E-state index contributed by atoms with van der Waals surface area (Å²) in [7, 11) is -1.14. The highest BCUT2D eigenvalue weighted by Crippen LogP contribution is 2.26. The number of pyridine rings is 1. The lowest BCUT2D eigenvalue weighted by atomic mass is 9.96. The Hall–Kier alpha value is -3.11. The molecule has 1 aliphatic carbocycles. The Morgan fingerprint density at radius 3 is 2.69 bits per heavy atom. The molecule has 0 atom stereocenters. The van der Waals surface area contributed by atoms with E-state index in [-0.39, 0.29) is 12.8 Å². The molecule has 186 valence electrons. The van der Waals surface area contributed by atoms with E-state index < -0.39 is 14.2 Å². The second-order valence-electron chi connectivity index (χ2n) is 10.2. The standard InChI is InChI=1S/C25H34N6O3Si/c1-35(2,3)13-12-33-18-31-29-24(28-30-31)21-14-20(16-26-17-21)19-8-7-11-23(15-19)34-25(32)27-22-9-5-4-6-10-22/h7-8,11,14-17,22H,4-6,9-10,12-13,18H2,1-3H3,(H,27,32). The number of nitrogens with one attached hydrogen (secondary N) is 1. The van der Waals surface area contributed by atoms with E-state index in [1.165, 1.54) is 11.2 Å². The average molecular weight is 495 g/mol. The van der Waals surface area contributed by atoms with E-state index in [0.29, 0.717) is 18.2 Å². The van der Waals surface area contributed by atoms with Crippen molar-refractivity contribution in [1.82, 2.24) is 30.5 Å². The number of hydrogen-bond donors (Lipinski definition) is 1. The lowest BCUT2D eigenvalue weighted by Crippen LogP contribution is -2.37. The minimum Gasteiger partial charge on any atom is -0.410 e. The number of rotatable bonds is 9. The molecule has 0 unspecified atom stereocenters. The molecule has 3 aromatic rings. The summed E-state index contributed by atoms with van der Waals surface area (Å²) < 4.78 is 11.2. The Labute approximate surface area is 207 Å². The van der Waals surface area contributed by atoms with Gasteiger partial charge in [-0.25, -0.2) is 4.79 Å². The van der Waals surface area contributed by atoms with Gasteiger partial charge in [0.25, 0.3) is 0 Å². The second-order valence-corrected chi connectivity index (χ2v) is 15.8. The molecule has 1 aliphatic rings. The molecule has 35 heavy (non-hydrogen) atoms. The van der Waals surface area contributed by atoms with Gasteiger partial charge in [0.2, 0.25) is 5.82 Å². The average Bonchev–Trinajstić information content (AvgIpc) is 3.31. The highest BCUT2D eigenvalue weighted by atomic mass is 28.3. The highest BCUT2D eigenvalue weighted by Gasteiger charge is 2.17. The van der Waals surface area contributed by atoms with Crippen LogP contribution in [0.4, 0.5) is 4.79 Å². The quantitative estimate of drug-likeness (QED) is 0.325. The Balaban J connectivity index is 1.38. The van der Waals surface area contributed by atoms with Crippen molar-refractivity contribution in [3.05, 3.63) is 42.7 Å². The van der Waals surface area contributed by atoms with Crippen LogP contribution < -0.4 is 10.1 Å². The third-order valence-electron chi connectivity index (χ3n) is 5.96. The number of amides is 1. The van der Waals surface area contributed by atoms with E-state index in [4.69, 9.17) is 9.47 Å². The zero-order chi connectivity index (χ0) is 24.7. The van der Waals surface area contributed by atoms with Crippen LogP contribution in [0.1, 0.15) is 32.1 Å². The first-order valence-electron chi connectivity index (χ1n) is 12.3. The van der Waals surface area contributed by atoms with Crippen molar-refractivity contribution in [1.29, 1.82) is 0 Å². The maximum Gasteiger partial charge on any atom is 0.412 e. The molecule has 1 N–H and O–H groups in total. The summed E-state index contributed by atoms with van der Waals surface area (Å²) >= 11 is 0. The molecule has 10 heteroatoms. The van der Waals surface area contributed by atoms with Gasteiger partial charge in [-0.1, -0.05) is 51.0 Å². The maximum absolute atomic E-state index is 12.3. The van der Waals surface area contributed by atoms with Crippen LogP contribution in [0.3, 0.4) is 0 Å². The van der Waals surface area contributed by atoms with Crippen molar-refractivity contribution < 1.29 is 14.3 Å². The Morgan fingerprint density at radius 2 is 1.89 bits per heavy atom. The zero-order valence-corrected chi connectivity index (χ0v) is 21.7. The van der Waals surface area contributed by atoms with Gasteiger partial charge in [-0.15, -0.1) is 15.0 Å². The van der Waals surface area contributed by atoms with E-state index in [0.717, 1.165) is 48.4 Å². The molecule has 1 saturated carbocycles. The van der Waals surface area contributed by atoms with Gasteiger partial charge < -0.3 is 14.8 Å². The fourth-order valence-corrected chi connectivity index (χ4v) is 4.70. The SMILES string of the molecule is C[Si](C)(C)CCOCn1nnc(-c2cncc(-c3cccc(OC(=O)NC4CCCCC4)c3)c2)n1. The van der Waals surface area contributed by atoms with Gasteiger partial charge in [-0.2, -0.15) is 0 Å². The first-order chi connectivity index (χ1) is 16.9. The summed E-state index contributed by atoms with van der Waals surface area (Å²) in [6.07, 6.45) is 8.61. The summed E-state index contributed by atoms with van der Waals surface area (Å²) in [4.78, 5) is 18.1. The smallest absolute Gasteiger partial charge is 0.410 e. The van der Waals surface area contributed by atoms with Crippen molar-refractivity contribution in [3.8, 4) is 28.3 Å². The van der Waals surface area contributed by atoms with Crippen molar-refractivity contribution in [3.63, 3.8) is 0 Å². The normalized spacial score (nSPS) is 14.6. The molecular weight excluding hydrogens is 460 g/mol. The molecule has 0 bridgehead atoms. The Bertz CT molecular complexity index is 1120. The molecule has 0 saturated heterocycles. The lowest BCUT2D eigenvalue weighted by molar-refractivity contribution is 0.0674. The molecule has 1 aromatic carbocycles. The minimum absolute atomic E-state index is 0.201. The first kappa shape index (κ1) is 25.0. The summed E-state index contributed by atoms with van der Waals surface area (Å²) in [5.41, 5.74) is 2.49. The second kappa shape index (κ2) is 11.5. The van der Waals surface area contributed by atoms with Crippen LogP contribution in [-0.4, -0.2) is 52.0 Å². The fraction of sp³-hybridized carbons (Fsp3) is 0.480. The molecule has 4 rings (SSSR count). The molecule has 0 spiro atoms. The van der Waals surface area contributed by atoms with Crippen molar-refractivity contribution in [2.24, 2.45) is 0 Å². The summed E-state index contributed by atoms with van der Waals surface area (Å²) in [6, 6.07) is 10.6. The van der Waals surface area contributed by atoms with Crippen molar-refractivity contribution in [2.45, 2.75) is 70.6 Å². The molecule has 2 aromatic heterocycles. The molecule has 0 aliphatic heterocycles. The number of aromatic nitrogens is 5. The molecule has 0 radical (unpaired) electrons. The van der Waals surface area contributed by atoms with E-state index in [2.05, 4.69) is 45.4 Å². The Kier molecular flexibility index (Phi) is 8.24. The third kappa shape index (κ3) is 7.69. The largest absolute Gasteiger partial charge is 0.412 e. The minimum atomic E-state index is -1.14. The number of carbonyl (C=O) groups excluding carboxylic acids is 1. The van der Waals surface area contributed by atoms with Gasteiger partial charge >= 0.3 is 6.09 Å². The van der Waals surface area contributed by atoms with Crippen molar-refractivity contribution in [2.75, 3.05) is 6.61 Å². The van der Waals surface area contributed by atoms with Crippen LogP contribution in [-0.2, 0) is 11.5 Å². The van der Waals surface area contributed by atoms with Crippen LogP contribution in [0.15, 0.2) is 42.7 Å². The predicted octanol–water partition coefficient (Wildman–Crippen LogP) is 5.14. The molecular formula is C25H34N6O3Si. The van der Waals surface area contributed by atoms with Gasteiger partial charge in [0.1, 0.15) is 5.75 Å². The first-order valence-corrected chi connectivity index (χ1v) is 16.0. The molecule has 9 nitrogen and oxygen atoms in total.